The Morgan fingerprint density at radius 1 is 1.23 bits per heavy atom. The van der Waals surface area contributed by atoms with Crippen molar-refractivity contribution in [3.8, 4) is 0 Å². The van der Waals surface area contributed by atoms with Crippen LogP contribution in [0.5, 0.6) is 0 Å². The van der Waals surface area contributed by atoms with E-state index >= 15 is 0 Å². The second-order valence-corrected chi connectivity index (χ2v) is 11.8. The fourth-order valence-corrected chi connectivity index (χ4v) is 5.25. The van der Waals surface area contributed by atoms with Crippen molar-refractivity contribution in [2.75, 3.05) is 11.6 Å². The molecule has 3 atom stereocenters. The number of hydrogen-bond acceptors (Lipinski definition) is 7. The molecule has 0 aromatic carbocycles. The maximum absolute atomic E-state index is 12.7. The van der Waals surface area contributed by atoms with Crippen molar-refractivity contribution in [3.63, 3.8) is 0 Å². The number of sulfone groups is 1. The van der Waals surface area contributed by atoms with Gasteiger partial charge in [-0.3, -0.25) is 4.98 Å². The number of nitrogens with zero attached hydrogens (tertiary/aromatic N) is 3. The van der Waals surface area contributed by atoms with Crippen LogP contribution in [0.4, 0.5) is 10.6 Å². The van der Waals surface area contributed by atoms with Gasteiger partial charge < -0.3 is 15.0 Å². The van der Waals surface area contributed by atoms with Crippen molar-refractivity contribution in [1.82, 2.24) is 14.9 Å². The largest absolute Gasteiger partial charge is 0.444 e. The van der Waals surface area contributed by atoms with E-state index in [2.05, 4.69) is 15.3 Å². The molecule has 2 aliphatic heterocycles. The minimum Gasteiger partial charge on any atom is -0.444 e. The Balaban J connectivity index is 1.58. The Labute approximate surface area is 187 Å². The summed E-state index contributed by atoms with van der Waals surface area (Å²) in [6.45, 7) is 5.61. The predicted molar refractivity (Wildman–Crippen MR) is 119 cm³/mol. The molecule has 168 valence electrons. The summed E-state index contributed by atoms with van der Waals surface area (Å²) in [5.74, 6) is 0.510. The number of piperidine rings is 1. The van der Waals surface area contributed by atoms with Crippen molar-refractivity contribution >= 4 is 44.3 Å². The molecule has 4 rings (SSSR count). The minimum atomic E-state index is -3.40. The van der Waals surface area contributed by atoms with Gasteiger partial charge in [0.25, 0.3) is 0 Å². The molecule has 2 bridgehead atoms. The summed E-state index contributed by atoms with van der Waals surface area (Å²) in [5.41, 5.74) is 0.0450. The Hall–Kier alpha value is -2.13. The second kappa shape index (κ2) is 7.78. The SMILES string of the molecule is CC(C)(C)OC(=O)N1[C@@H]2CC[C@H]1C[C@H](Nc1nc(Cl)cc3ncc(S(C)(=O)=O)cc13)C2. The topological polar surface area (TPSA) is 101 Å². The van der Waals surface area contributed by atoms with Crippen LogP contribution in [0.25, 0.3) is 10.9 Å². The summed E-state index contributed by atoms with van der Waals surface area (Å²) >= 11 is 6.19. The average molecular weight is 467 g/mol. The molecule has 10 heteroatoms. The lowest BCUT2D eigenvalue weighted by Gasteiger charge is -2.39. The molecular formula is C21H27ClN4O4S. The Morgan fingerprint density at radius 3 is 2.45 bits per heavy atom. The van der Waals surface area contributed by atoms with Crippen molar-refractivity contribution in [1.29, 1.82) is 0 Å². The van der Waals surface area contributed by atoms with Crippen LogP contribution in [0, 0.1) is 0 Å². The van der Waals surface area contributed by atoms with Gasteiger partial charge in [0, 0.05) is 42.0 Å². The molecule has 0 unspecified atom stereocenters. The standard InChI is InChI=1S/C21H27ClN4O4S/c1-21(2,3)30-20(27)26-13-5-6-14(26)8-12(7-13)24-19-16-9-15(31(4,28)29)11-23-17(16)10-18(22)25-19/h9-14H,5-8H2,1-4H3,(H,24,25)/t12-,13-,14+. The number of amides is 1. The second-order valence-electron chi connectivity index (χ2n) is 9.39. The molecular weight excluding hydrogens is 440 g/mol. The van der Waals surface area contributed by atoms with Crippen LogP contribution in [-0.2, 0) is 14.6 Å². The number of carbonyl (C=O) groups is 1. The molecule has 1 N–H and O–H groups in total. The van der Waals surface area contributed by atoms with Gasteiger partial charge in [0.15, 0.2) is 9.84 Å². The summed E-state index contributed by atoms with van der Waals surface area (Å²) in [6.07, 6.45) is 5.60. The molecule has 1 amide bonds. The number of halogens is 1. The number of pyridine rings is 2. The highest BCUT2D eigenvalue weighted by Gasteiger charge is 2.45. The van der Waals surface area contributed by atoms with E-state index in [0.29, 0.717) is 16.7 Å². The number of hydrogen-bond donors (Lipinski definition) is 1. The fraction of sp³-hybridized carbons (Fsp3) is 0.571. The Kier molecular flexibility index (Phi) is 5.54. The third-order valence-corrected chi connectivity index (χ3v) is 7.00. The molecule has 0 radical (unpaired) electrons. The smallest absolute Gasteiger partial charge is 0.410 e. The molecule has 8 nitrogen and oxygen atoms in total. The molecule has 0 aliphatic carbocycles. The zero-order chi connectivity index (χ0) is 22.6. The van der Waals surface area contributed by atoms with Crippen LogP contribution in [0.1, 0.15) is 46.5 Å². The summed E-state index contributed by atoms with van der Waals surface area (Å²) in [4.78, 5) is 23.4. The van der Waals surface area contributed by atoms with Crippen molar-refractivity contribution in [2.45, 2.75) is 75.1 Å². The zero-order valence-corrected chi connectivity index (χ0v) is 19.6. The lowest BCUT2D eigenvalue weighted by Crippen LogP contribution is -2.51. The number of rotatable bonds is 3. The number of ether oxygens (including phenoxy) is 1. The van der Waals surface area contributed by atoms with E-state index in [1.165, 1.54) is 6.20 Å². The van der Waals surface area contributed by atoms with Gasteiger partial charge in [0.2, 0.25) is 0 Å². The number of anilines is 1. The first kappa shape index (κ1) is 22.1. The zero-order valence-electron chi connectivity index (χ0n) is 18.1. The van der Waals surface area contributed by atoms with E-state index in [1.807, 2.05) is 25.7 Å². The first-order valence-corrected chi connectivity index (χ1v) is 12.6. The molecule has 0 spiro atoms. The van der Waals surface area contributed by atoms with Gasteiger partial charge in [-0.2, -0.15) is 0 Å². The molecule has 2 aliphatic rings. The van der Waals surface area contributed by atoms with Crippen LogP contribution >= 0.6 is 11.6 Å². The first-order valence-electron chi connectivity index (χ1n) is 10.3. The quantitative estimate of drug-likeness (QED) is 0.681. The highest BCUT2D eigenvalue weighted by atomic mass is 35.5. The van der Waals surface area contributed by atoms with Crippen molar-refractivity contribution in [3.05, 3.63) is 23.5 Å². The highest BCUT2D eigenvalue weighted by Crippen LogP contribution is 2.38. The summed E-state index contributed by atoms with van der Waals surface area (Å²) < 4.78 is 29.6. The third kappa shape index (κ3) is 4.72. The van der Waals surface area contributed by atoms with Gasteiger partial charge in [0.1, 0.15) is 16.6 Å². The molecule has 0 saturated carbocycles. The van der Waals surface area contributed by atoms with Gasteiger partial charge >= 0.3 is 6.09 Å². The minimum absolute atomic E-state index is 0.0762. The van der Waals surface area contributed by atoms with E-state index in [9.17, 15) is 13.2 Å². The monoisotopic (exact) mass is 466 g/mol. The van der Waals surface area contributed by atoms with Crippen LogP contribution in [0.15, 0.2) is 23.2 Å². The third-order valence-electron chi connectivity index (χ3n) is 5.73. The van der Waals surface area contributed by atoms with E-state index in [1.54, 1.807) is 12.1 Å². The van der Waals surface area contributed by atoms with Gasteiger partial charge in [-0.15, -0.1) is 0 Å². The molecule has 2 aromatic rings. The van der Waals surface area contributed by atoms with Crippen LogP contribution in [0.2, 0.25) is 5.15 Å². The Morgan fingerprint density at radius 2 is 1.87 bits per heavy atom. The maximum Gasteiger partial charge on any atom is 0.410 e. The van der Waals surface area contributed by atoms with Gasteiger partial charge in [-0.1, -0.05) is 11.6 Å². The van der Waals surface area contributed by atoms with Gasteiger partial charge in [-0.25, -0.2) is 18.2 Å². The molecule has 2 fully saturated rings. The van der Waals surface area contributed by atoms with Crippen LogP contribution in [0.3, 0.4) is 0 Å². The number of carbonyl (C=O) groups excluding carboxylic acids is 1. The highest BCUT2D eigenvalue weighted by molar-refractivity contribution is 7.90. The summed E-state index contributed by atoms with van der Waals surface area (Å²) in [5, 5.41) is 4.33. The number of nitrogens with one attached hydrogen (secondary N) is 1. The maximum atomic E-state index is 12.7. The molecule has 2 aromatic heterocycles. The van der Waals surface area contributed by atoms with E-state index in [0.717, 1.165) is 31.9 Å². The van der Waals surface area contributed by atoms with E-state index in [4.69, 9.17) is 16.3 Å². The van der Waals surface area contributed by atoms with Crippen molar-refractivity contribution < 1.29 is 17.9 Å². The lowest BCUT2D eigenvalue weighted by atomic mass is 9.97. The molecule has 31 heavy (non-hydrogen) atoms. The lowest BCUT2D eigenvalue weighted by molar-refractivity contribution is 0.00683. The van der Waals surface area contributed by atoms with Gasteiger partial charge in [0.05, 0.1) is 10.4 Å². The fourth-order valence-electron chi connectivity index (χ4n) is 4.49. The normalized spacial score (nSPS) is 23.8. The van der Waals surface area contributed by atoms with Crippen LogP contribution < -0.4 is 5.32 Å². The van der Waals surface area contributed by atoms with E-state index in [-0.39, 0.29) is 34.3 Å². The number of fused-ring (bicyclic) bond motifs is 3. The Bertz CT molecular complexity index is 1120. The van der Waals surface area contributed by atoms with Gasteiger partial charge in [-0.05, 0) is 52.5 Å². The van der Waals surface area contributed by atoms with Crippen molar-refractivity contribution in [2.24, 2.45) is 0 Å². The van der Waals surface area contributed by atoms with E-state index < -0.39 is 15.4 Å². The summed E-state index contributed by atoms with van der Waals surface area (Å²) in [7, 11) is -3.40. The predicted octanol–water partition coefficient (Wildman–Crippen LogP) is 4.03. The summed E-state index contributed by atoms with van der Waals surface area (Å²) in [6, 6.07) is 3.46. The average Bonchev–Trinajstić information content (AvgIpc) is 2.90. The number of aromatic nitrogens is 2. The molecule has 4 heterocycles. The first-order chi connectivity index (χ1) is 14.4. The van der Waals surface area contributed by atoms with Crippen LogP contribution in [-0.4, -0.2) is 59.4 Å². The molecule has 2 saturated heterocycles.